The smallest absolute Gasteiger partial charge is 0.154 e. The van der Waals surface area contributed by atoms with E-state index in [0.717, 1.165) is 11.4 Å². The van der Waals surface area contributed by atoms with Gasteiger partial charge in [-0.25, -0.2) is 18.4 Å². The molecule has 0 radical (unpaired) electrons. The molecule has 0 aromatic carbocycles. The first-order valence-corrected chi connectivity index (χ1v) is 7.51. The summed E-state index contributed by atoms with van der Waals surface area (Å²) in [7, 11) is -1.35. The van der Waals surface area contributed by atoms with Gasteiger partial charge in [0.15, 0.2) is 9.84 Å². The molecule has 1 aromatic rings. The molecule has 1 rings (SSSR count). The molecule has 0 atom stereocenters. The highest BCUT2D eigenvalue weighted by Crippen LogP contribution is 2.20. The number of rotatable bonds is 5. The van der Waals surface area contributed by atoms with Crippen LogP contribution in [-0.4, -0.2) is 43.0 Å². The van der Waals surface area contributed by atoms with Crippen LogP contribution in [0.4, 0.5) is 11.6 Å². The van der Waals surface area contributed by atoms with Crippen LogP contribution in [0.2, 0.25) is 0 Å². The number of aromatic nitrogens is 2. The van der Waals surface area contributed by atoms with Crippen LogP contribution in [0.1, 0.15) is 19.4 Å². The van der Waals surface area contributed by atoms with E-state index in [1.165, 1.54) is 12.6 Å². The van der Waals surface area contributed by atoms with Crippen molar-refractivity contribution >= 4 is 21.5 Å². The van der Waals surface area contributed by atoms with Gasteiger partial charge in [0.1, 0.15) is 18.0 Å². The highest BCUT2D eigenvalue weighted by atomic mass is 32.2. The van der Waals surface area contributed by atoms with Crippen LogP contribution in [0.5, 0.6) is 0 Å². The second kappa shape index (κ2) is 5.09. The van der Waals surface area contributed by atoms with Crippen LogP contribution in [-0.2, 0) is 9.84 Å². The number of sulfone groups is 1. The van der Waals surface area contributed by atoms with Crippen LogP contribution in [0, 0.1) is 6.92 Å². The topological polar surface area (TPSA) is 84.0 Å². The van der Waals surface area contributed by atoms with Crippen molar-refractivity contribution in [2.75, 3.05) is 30.5 Å². The lowest BCUT2D eigenvalue weighted by molar-refractivity contribution is 0.559. The number of anilines is 2. The Morgan fingerprint density at radius 1 is 1.28 bits per heavy atom. The molecular weight excluding hydrogens is 252 g/mol. The molecule has 0 aliphatic rings. The summed E-state index contributed by atoms with van der Waals surface area (Å²) in [5, 5.41) is 6.02. The van der Waals surface area contributed by atoms with E-state index in [0.29, 0.717) is 12.4 Å². The Labute approximate surface area is 108 Å². The zero-order valence-corrected chi connectivity index (χ0v) is 12.2. The molecule has 1 heterocycles. The van der Waals surface area contributed by atoms with Crippen LogP contribution in [0.15, 0.2) is 6.33 Å². The van der Waals surface area contributed by atoms with Crippen molar-refractivity contribution in [3.05, 3.63) is 11.9 Å². The third-order valence-corrected chi connectivity index (χ3v) is 5.16. The van der Waals surface area contributed by atoms with Gasteiger partial charge in [0.25, 0.3) is 0 Å². The van der Waals surface area contributed by atoms with Gasteiger partial charge >= 0.3 is 0 Å². The van der Waals surface area contributed by atoms with Crippen LogP contribution >= 0.6 is 0 Å². The summed E-state index contributed by atoms with van der Waals surface area (Å²) in [5.41, 5.74) is 0.865. The largest absolute Gasteiger partial charge is 0.373 e. The Kier molecular flexibility index (Phi) is 4.16. The van der Waals surface area contributed by atoms with Crippen molar-refractivity contribution in [1.82, 2.24) is 9.97 Å². The Morgan fingerprint density at radius 2 is 1.83 bits per heavy atom. The molecule has 0 saturated heterocycles. The molecule has 7 heteroatoms. The van der Waals surface area contributed by atoms with Gasteiger partial charge in [0.2, 0.25) is 0 Å². The Balaban J connectivity index is 2.88. The minimum absolute atomic E-state index is 0.298. The normalized spacial score (nSPS) is 12.3. The average Bonchev–Trinajstić information content (AvgIpc) is 2.26. The summed E-state index contributed by atoms with van der Waals surface area (Å²) in [5.74, 6) is 1.37. The fourth-order valence-corrected chi connectivity index (χ4v) is 1.64. The molecule has 0 saturated carbocycles. The molecular formula is C11H20N4O2S. The molecule has 0 amide bonds. The quantitative estimate of drug-likeness (QED) is 0.834. The molecule has 0 aliphatic heterocycles. The fourth-order valence-electron chi connectivity index (χ4n) is 1.31. The summed E-state index contributed by atoms with van der Waals surface area (Å²) in [4.78, 5) is 8.19. The first kappa shape index (κ1) is 14.7. The summed E-state index contributed by atoms with van der Waals surface area (Å²) < 4.78 is 22.4. The van der Waals surface area contributed by atoms with Crippen molar-refractivity contribution in [3.63, 3.8) is 0 Å². The van der Waals surface area contributed by atoms with Gasteiger partial charge in [-0.05, 0) is 20.8 Å². The highest BCUT2D eigenvalue weighted by Gasteiger charge is 2.30. The number of nitrogens with one attached hydrogen (secondary N) is 2. The molecule has 1 aromatic heterocycles. The van der Waals surface area contributed by atoms with Gasteiger partial charge in [-0.15, -0.1) is 0 Å². The zero-order chi connectivity index (χ0) is 14.0. The lowest BCUT2D eigenvalue weighted by atomic mass is 10.2. The Bertz CT molecular complexity index is 526. The van der Waals surface area contributed by atoms with E-state index < -0.39 is 14.6 Å². The van der Waals surface area contributed by atoms with E-state index in [2.05, 4.69) is 20.6 Å². The van der Waals surface area contributed by atoms with Crippen molar-refractivity contribution in [2.24, 2.45) is 0 Å². The lowest BCUT2D eigenvalue weighted by Gasteiger charge is -2.23. The van der Waals surface area contributed by atoms with Crippen LogP contribution in [0.3, 0.4) is 0 Å². The second-order valence-electron chi connectivity index (χ2n) is 4.83. The average molecular weight is 272 g/mol. The van der Waals surface area contributed by atoms with Crippen LogP contribution < -0.4 is 10.6 Å². The lowest BCUT2D eigenvalue weighted by Crippen LogP contribution is -2.38. The molecule has 2 N–H and O–H groups in total. The SMILES string of the molecule is CNc1ncnc(NCC(C)(C)S(C)(=O)=O)c1C. The van der Waals surface area contributed by atoms with E-state index in [1.807, 2.05) is 6.92 Å². The maximum Gasteiger partial charge on any atom is 0.154 e. The van der Waals surface area contributed by atoms with E-state index in [4.69, 9.17) is 0 Å². The standard InChI is InChI=1S/C11H20N4O2S/c1-8-9(12-4)14-7-15-10(8)13-6-11(2,3)18(5,16)17/h7H,6H2,1-5H3,(H2,12,13,14,15). The highest BCUT2D eigenvalue weighted by molar-refractivity contribution is 7.92. The van der Waals surface area contributed by atoms with Gasteiger partial charge in [0.05, 0.1) is 4.75 Å². The summed E-state index contributed by atoms with van der Waals surface area (Å²) in [6, 6.07) is 0. The third-order valence-electron chi connectivity index (χ3n) is 3.01. The number of hydrogen-bond acceptors (Lipinski definition) is 6. The van der Waals surface area contributed by atoms with Crippen molar-refractivity contribution in [1.29, 1.82) is 0 Å². The first-order valence-electron chi connectivity index (χ1n) is 5.62. The summed E-state index contributed by atoms with van der Waals surface area (Å²) >= 11 is 0. The number of hydrogen-bond donors (Lipinski definition) is 2. The van der Waals surface area contributed by atoms with Gasteiger partial charge in [0, 0.05) is 25.4 Å². The maximum atomic E-state index is 11.6. The molecule has 0 fully saturated rings. The minimum atomic E-state index is -3.12. The van der Waals surface area contributed by atoms with E-state index in [1.54, 1.807) is 20.9 Å². The minimum Gasteiger partial charge on any atom is -0.373 e. The summed E-state index contributed by atoms with van der Waals surface area (Å²) in [6.45, 7) is 5.55. The molecule has 6 nitrogen and oxygen atoms in total. The zero-order valence-electron chi connectivity index (χ0n) is 11.4. The van der Waals surface area contributed by atoms with Gasteiger partial charge in [-0.1, -0.05) is 0 Å². The van der Waals surface area contributed by atoms with Gasteiger partial charge in [-0.2, -0.15) is 0 Å². The van der Waals surface area contributed by atoms with Gasteiger partial charge in [-0.3, -0.25) is 0 Å². The predicted octanol–water partition coefficient (Wildman–Crippen LogP) is 1.06. The van der Waals surface area contributed by atoms with Crippen molar-refractivity contribution < 1.29 is 8.42 Å². The van der Waals surface area contributed by atoms with Crippen molar-refractivity contribution in [2.45, 2.75) is 25.5 Å². The Morgan fingerprint density at radius 3 is 2.33 bits per heavy atom. The van der Waals surface area contributed by atoms with Crippen molar-refractivity contribution in [3.8, 4) is 0 Å². The van der Waals surface area contributed by atoms with Crippen LogP contribution in [0.25, 0.3) is 0 Å². The predicted molar refractivity (Wildman–Crippen MR) is 73.7 cm³/mol. The molecule has 18 heavy (non-hydrogen) atoms. The maximum absolute atomic E-state index is 11.6. The number of nitrogens with zero attached hydrogens (tertiary/aromatic N) is 2. The second-order valence-corrected chi connectivity index (χ2v) is 7.48. The molecule has 0 bridgehead atoms. The molecule has 0 unspecified atom stereocenters. The van der Waals surface area contributed by atoms with E-state index in [-0.39, 0.29) is 0 Å². The van der Waals surface area contributed by atoms with Gasteiger partial charge < -0.3 is 10.6 Å². The molecule has 0 aliphatic carbocycles. The molecule has 102 valence electrons. The van der Waals surface area contributed by atoms with E-state index in [9.17, 15) is 8.42 Å². The fraction of sp³-hybridized carbons (Fsp3) is 0.636. The van der Waals surface area contributed by atoms with E-state index >= 15 is 0 Å². The third kappa shape index (κ3) is 3.10. The summed E-state index contributed by atoms with van der Waals surface area (Å²) in [6.07, 6.45) is 2.68. The monoisotopic (exact) mass is 272 g/mol. The Hall–Kier alpha value is -1.37. The first-order chi connectivity index (χ1) is 8.19. The molecule has 0 spiro atoms.